The zero-order chi connectivity index (χ0) is 7.33. The highest BCUT2D eigenvalue weighted by Gasteiger charge is 2.09. The molecule has 0 aliphatic heterocycles. The molecule has 0 radical (unpaired) electrons. The van der Waals surface area contributed by atoms with Gasteiger partial charge in [-0.25, -0.2) is 10.0 Å². The Balaban J connectivity index is 3.76. The molecule has 0 aromatic rings. The average molecular weight is 147 g/mol. The second kappa shape index (κ2) is 3.94. The molecule has 0 aromatic carbocycles. The summed E-state index contributed by atoms with van der Waals surface area (Å²) in [7, 11) is -0.623. The number of hydrogen-bond donors (Lipinski definition) is 1. The molecular weight excluding hydrogens is 130 g/mol. The Morgan fingerprint density at radius 2 is 2.00 bits per heavy atom. The fourth-order valence-corrected chi connectivity index (χ4v) is 2.26. The maximum absolute atomic E-state index is 7.17. The standard InChI is InChI=1S/C7H17NS/c1-4-6-9(3,5-2)7-8/h7-8H,4-6H2,1-3H3. The monoisotopic (exact) mass is 147 g/mol. The molecule has 1 atom stereocenters. The average Bonchev–Trinajstić information content (AvgIpc) is 1.89. The fourth-order valence-electron chi connectivity index (χ4n) is 0.753. The highest BCUT2D eigenvalue weighted by atomic mass is 32.3. The number of rotatable bonds is 4. The third kappa shape index (κ3) is 2.89. The molecule has 56 valence electrons. The van der Waals surface area contributed by atoms with E-state index in [-0.39, 0.29) is 0 Å². The van der Waals surface area contributed by atoms with Gasteiger partial charge in [-0.1, -0.05) is 13.8 Å². The molecule has 0 amide bonds. The van der Waals surface area contributed by atoms with Gasteiger partial charge < -0.3 is 5.41 Å². The normalized spacial score (nSPS) is 20.3. The van der Waals surface area contributed by atoms with E-state index in [0.717, 1.165) is 0 Å². The molecular formula is C7H17NS. The SMILES string of the molecule is CCCS(C)(C=N)CC. The van der Waals surface area contributed by atoms with E-state index < -0.39 is 10.0 Å². The summed E-state index contributed by atoms with van der Waals surface area (Å²) >= 11 is 0. The first-order chi connectivity index (χ1) is 4.18. The molecule has 0 saturated carbocycles. The van der Waals surface area contributed by atoms with Crippen molar-refractivity contribution in [1.82, 2.24) is 0 Å². The Morgan fingerprint density at radius 1 is 1.44 bits per heavy atom. The van der Waals surface area contributed by atoms with Gasteiger partial charge in [0.15, 0.2) is 0 Å². The van der Waals surface area contributed by atoms with Crippen LogP contribution in [0.3, 0.4) is 0 Å². The van der Waals surface area contributed by atoms with Gasteiger partial charge in [-0.15, -0.1) is 0 Å². The fraction of sp³-hybridized carbons (Fsp3) is 0.857. The van der Waals surface area contributed by atoms with Crippen LogP contribution in [0, 0.1) is 5.41 Å². The first-order valence-electron chi connectivity index (χ1n) is 3.42. The highest BCUT2D eigenvalue weighted by molar-refractivity contribution is 8.43. The summed E-state index contributed by atoms with van der Waals surface area (Å²) in [5, 5.41) is 7.17. The van der Waals surface area contributed by atoms with Crippen molar-refractivity contribution in [2.24, 2.45) is 0 Å². The molecule has 0 fully saturated rings. The molecule has 1 nitrogen and oxygen atoms in total. The number of hydrogen-bond acceptors (Lipinski definition) is 1. The third-order valence-corrected chi connectivity index (χ3v) is 4.84. The second-order valence-corrected chi connectivity index (χ2v) is 6.38. The van der Waals surface area contributed by atoms with Gasteiger partial charge in [-0.3, -0.25) is 0 Å². The van der Waals surface area contributed by atoms with Crippen molar-refractivity contribution in [3.05, 3.63) is 0 Å². The predicted molar refractivity (Wildman–Crippen MR) is 48.0 cm³/mol. The van der Waals surface area contributed by atoms with Crippen molar-refractivity contribution in [2.45, 2.75) is 20.3 Å². The van der Waals surface area contributed by atoms with E-state index in [1.165, 1.54) is 17.9 Å². The lowest BCUT2D eigenvalue weighted by atomic mass is 10.6. The molecule has 2 heteroatoms. The molecule has 9 heavy (non-hydrogen) atoms. The van der Waals surface area contributed by atoms with E-state index in [9.17, 15) is 0 Å². The molecule has 0 spiro atoms. The van der Waals surface area contributed by atoms with Crippen LogP contribution in [-0.4, -0.2) is 23.3 Å². The lowest BCUT2D eigenvalue weighted by molar-refractivity contribution is 1.10. The van der Waals surface area contributed by atoms with Crippen LogP contribution in [0.4, 0.5) is 0 Å². The molecule has 0 aliphatic rings. The van der Waals surface area contributed by atoms with Crippen LogP contribution in [-0.2, 0) is 0 Å². The van der Waals surface area contributed by atoms with Gasteiger partial charge in [0.25, 0.3) is 0 Å². The van der Waals surface area contributed by atoms with Gasteiger partial charge in [-0.05, 0) is 24.2 Å². The van der Waals surface area contributed by atoms with Crippen LogP contribution in [0.2, 0.25) is 0 Å². The Morgan fingerprint density at radius 3 is 2.11 bits per heavy atom. The molecule has 0 saturated heterocycles. The second-order valence-electron chi connectivity index (χ2n) is 2.46. The van der Waals surface area contributed by atoms with Gasteiger partial charge in [0, 0.05) is 5.55 Å². The van der Waals surface area contributed by atoms with E-state index in [2.05, 4.69) is 20.1 Å². The van der Waals surface area contributed by atoms with Gasteiger partial charge in [-0.2, -0.15) is 0 Å². The maximum Gasteiger partial charge on any atom is 0.0334 e. The maximum atomic E-state index is 7.17. The minimum absolute atomic E-state index is 0.623. The van der Waals surface area contributed by atoms with Crippen LogP contribution < -0.4 is 0 Å². The Labute approximate surface area is 59.7 Å². The minimum Gasteiger partial charge on any atom is -0.303 e. The molecule has 0 bridgehead atoms. The predicted octanol–water partition coefficient (Wildman–Crippen LogP) is 2.46. The van der Waals surface area contributed by atoms with Gasteiger partial charge in [0.2, 0.25) is 0 Å². The van der Waals surface area contributed by atoms with Crippen LogP contribution in [0.5, 0.6) is 0 Å². The largest absolute Gasteiger partial charge is 0.303 e. The third-order valence-electron chi connectivity index (χ3n) is 1.61. The Kier molecular flexibility index (Phi) is 3.95. The Hall–Kier alpha value is 0.0200. The van der Waals surface area contributed by atoms with Crippen molar-refractivity contribution in [2.75, 3.05) is 17.8 Å². The molecule has 0 aromatic heterocycles. The van der Waals surface area contributed by atoms with E-state index >= 15 is 0 Å². The zero-order valence-electron chi connectivity index (χ0n) is 6.61. The molecule has 1 unspecified atom stereocenters. The minimum atomic E-state index is -0.623. The summed E-state index contributed by atoms with van der Waals surface area (Å²) in [4.78, 5) is 0. The van der Waals surface area contributed by atoms with Crippen LogP contribution in [0.25, 0.3) is 0 Å². The van der Waals surface area contributed by atoms with E-state index in [4.69, 9.17) is 5.41 Å². The van der Waals surface area contributed by atoms with Crippen molar-refractivity contribution in [3.8, 4) is 0 Å². The molecule has 0 rings (SSSR count). The summed E-state index contributed by atoms with van der Waals surface area (Å²) in [6, 6.07) is 0. The molecule has 1 N–H and O–H groups in total. The summed E-state index contributed by atoms with van der Waals surface area (Å²) in [5.74, 6) is 2.40. The van der Waals surface area contributed by atoms with Gasteiger partial charge in [0.1, 0.15) is 0 Å². The first kappa shape index (κ1) is 9.02. The first-order valence-corrected chi connectivity index (χ1v) is 5.87. The van der Waals surface area contributed by atoms with Gasteiger partial charge >= 0.3 is 0 Å². The topological polar surface area (TPSA) is 23.9 Å². The van der Waals surface area contributed by atoms with Crippen LogP contribution in [0.15, 0.2) is 0 Å². The van der Waals surface area contributed by atoms with Gasteiger partial charge in [0.05, 0.1) is 0 Å². The smallest absolute Gasteiger partial charge is 0.0334 e. The summed E-state index contributed by atoms with van der Waals surface area (Å²) in [6.45, 7) is 4.36. The van der Waals surface area contributed by atoms with Crippen LogP contribution in [0.1, 0.15) is 20.3 Å². The summed E-state index contributed by atoms with van der Waals surface area (Å²) in [6.07, 6.45) is 3.44. The van der Waals surface area contributed by atoms with E-state index in [0.29, 0.717) is 0 Å². The van der Waals surface area contributed by atoms with Crippen molar-refractivity contribution in [3.63, 3.8) is 0 Å². The number of nitrogens with one attached hydrogen (secondary N) is 1. The zero-order valence-corrected chi connectivity index (χ0v) is 7.42. The van der Waals surface area contributed by atoms with Crippen molar-refractivity contribution < 1.29 is 0 Å². The molecule has 0 aliphatic carbocycles. The lowest BCUT2D eigenvalue weighted by Gasteiger charge is -2.28. The molecule has 0 heterocycles. The quantitative estimate of drug-likeness (QED) is 0.466. The van der Waals surface area contributed by atoms with E-state index in [1.807, 2.05) is 0 Å². The van der Waals surface area contributed by atoms with Crippen LogP contribution >= 0.6 is 10.0 Å². The Bertz CT molecular complexity index is 92.9. The highest BCUT2D eigenvalue weighted by Crippen LogP contribution is 2.40. The van der Waals surface area contributed by atoms with E-state index in [1.54, 1.807) is 5.55 Å². The summed E-state index contributed by atoms with van der Waals surface area (Å²) < 4.78 is 0. The summed E-state index contributed by atoms with van der Waals surface area (Å²) in [5.41, 5.74) is 1.66. The lowest BCUT2D eigenvalue weighted by Crippen LogP contribution is -2.05. The van der Waals surface area contributed by atoms with Crippen molar-refractivity contribution >= 4 is 15.6 Å². The van der Waals surface area contributed by atoms with Crippen molar-refractivity contribution in [1.29, 1.82) is 5.41 Å².